The molecule has 2 aliphatic rings. The van der Waals surface area contributed by atoms with Crippen LogP contribution in [0.3, 0.4) is 0 Å². The number of fused-ring (bicyclic) bond motifs is 2. The summed E-state index contributed by atoms with van der Waals surface area (Å²) in [7, 11) is 0. The van der Waals surface area contributed by atoms with Crippen molar-refractivity contribution in [1.29, 1.82) is 0 Å². The van der Waals surface area contributed by atoms with Gasteiger partial charge in [0.2, 0.25) is 0 Å². The molecule has 8 heteroatoms. The molecule has 0 spiro atoms. The van der Waals surface area contributed by atoms with E-state index in [0.717, 1.165) is 39.5 Å². The summed E-state index contributed by atoms with van der Waals surface area (Å²) in [6.45, 7) is 0. The van der Waals surface area contributed by atoms with Gasteiger partial charge in [0.15, 0.2) is 0 Å². The first-order valence-corrected chi connectivity index (χ1v) is 16.0. The molecule has 0 aromatic heterocycles. The third kappa shape index (κ3) is 3.29. The van der Waals surface area contributed by atoms with Crippen LogP contribution in [0, 0.1) is 7.14 Å². The zero-order valence-electron chi connectivity index (χ0n) is 22.5. The maximum atomic E-state index is 13.9. The molecule has 7 aromatic rings. The molecule has 4 amide bonds. The second kappa shape index (κ2) is 9.05. The van der Waals surface area contributed by atoms with E-state index in [9.17, 15) is 19.2 Å². The molecule has 2 heterocycles. The molecular formula is C36H16I2N2O4. The summed E-state index contributed by atoms with van der Waals surface area (Å²) in [6, 6.07) is 29.4. The fourth-order valence-corrected chi connectivity index (χ4v) is 7.64. The van der Waals surface area contributed by atoms with E-state index in [1.54, 1.807) is 48.5 Å². The molecule has 2 aliphatic heterocycles. The molecule has 44 heavy (non-hydrogen) atoms. The summed E-state index contributed by atoms with van der Waals surface area (Å²) in [5, 5.41) is 6.36. The van der Waals surface area contributed by atoms with Gasteiger partial charge in [-0.25, -0.2) is 9.80 Å². The summed E-state index contributed by atoms with van der Waals surface area (Å²) >= 11 is 4.38. The van der Waals surface area contributed by atoms with Crippen LogP contribution in [-0.4, -0.2) is 23.6 Å². The lowest BCUT2D eigenvalue weighted by atomic mass is 9.82. The van der Waals surface area contributed by atoms with Gasteiger partial charge in [0.1, 0.15) is 0 Å². The second-order valence-corrected chi connectivity index (χ2v) is 13.5. The van der Waals surface area contributed by atoms with E-state index in [1.807, 2.05) is 48.5 Å². The average Bonchev–Trinajstić information content (AvgIpc) is 3.03. The van der Waals surface area contributed by atoms with Gasteiger partial charge in [-0.2, -0.15) is 0 Å². The predicted molar refractivity (Wildman–Crippen MR) is 188 cm³/mol. The zero-order chi connectivity index (χ0) is 30.0. The van der Waals surface area contributed by atoms with Gasteiger partial charge in [-0.15, -0.1) is 0 Å². The highest BCUT2D eigenvalue weighted by molar-refractivity contribution is 14.1. The smallest absolute Gasteiger partial charge is 0.265 e. The van der Waals surface area contributed by atoms with Crippen LogP contribution in [0.2, 0.25) is 0 Å². The number of carbonyl (C=O) groups excluding carboxylic acids is 4. The number of hydrogen-bond donors (Lipinski definition) is 0. The largest absolute Gasteiger partial charge is 0.268 e. The Balaban J connectivity index is 1.31. The maximum Gasteiger partial charge on any atom is 0.265 e. The second-order valence-electron chi connectivity index (χ2n) is 11.0. The third-order valence-corrected chi connectivity index (χ3v) is 10.2. The van der Waals surface area contributed by atoms with Crippen LogP contribution in [0.5, 0.6) is 0 Å². The Morgan fingerprint density at radius 3 is 0.886 bits per heavy atom. The Kier molecular flexibility index (Phi) is 5.35. The Hall–Kier alpha value is -4.42. The lowest BCUT2D eigenvalue weighted by Crippen LogP contribution is -2.40. The van der Waals surface area contributed by atoms with E-state index in [-0.39, 0.29) is 23.6 Å². The number of halogens is 2. The summed E-state index contributed by atoms with van der Waals surface area (Å²) in [5.74, 6) is -1.46. The van der Waals surface area contributed by atoms with Crippen molar-refractivity contribution in [2.45, 2.75) is 0 Å². The molecule has 6 nitrogen and oxygen atoms in total. The summed E-state index contributed by atoms with van der Waals surface area (Å²) in [4.78, 5) is 57.9. The van der Waals surface area contributed by atoms with E-state index >= 15 is 0 Å². The molecule has 0 saturated carbocycles. The summed E-state index contributed by atoms with van der Waals surface area (Å²) < 4.78 is 2.01. The monoisotopic (exact) mass is 794 g/mol. The lowest BCUT2D eigenvalue weighted by molar-refractivity contribution is 0.0877. The number of carbonyl (C=O) groups is 4. The standard InChI is InChI=1S/C36H16I2N2O4/c37-17-1-5-19(6-2-17)39-33(41)25-13-9-21-23-11-15-27-32-28(36(44)40(35(27)43)20-7-3-18(38)4-8-20)16-12-24(30(23)32)22-10-14-26(34(39)42)31(25)29(21)22/h1-16H. The molecule has 0 aliphatic carbocycles. The molecule has 0 atom stereocenters. The molecule has 208 valence electrons. The SMILES string of the molecule is O=C1c2ccc3c4ccc5c6c(ccc(c7ccc(c2c37)C(=O)N1c1ccc(I)cc1)c64)C(=O)N(c1ccc(I)cc1)C5=O. The van der Waals surface area contributed by atoms with Crippen molar-refractivity contribution in [3.8, 4) is 0 Å². The van der Waals surface area contributed by atoms with Gasteiger partial charge < -0.3 is 0 Å². The molecule has 9 rings (SSSR count). The van der Waals surface area contributed by atoms with Crippen molar-refractivity contribution in [2.75, 3.05) is 9.80 Å². The van der Waals surface area contributed by atoms with Crippen molar-refractivity contribution in [2.24, 2.45) is 0 Å². The van der Waals surface area contributed by atoms with Crippen LogP contribution in [0.25, 0.3) is 43.1 Å². The van der Waals surface area contributed by atoms with Crippen LogP contribution >= 0.6 is 45.2 Å². The van der Waals surface area contributed by atoms with E-state index in [2.05, 4.69) is 45.2 Å². The number of imide groups is 2. The number of nitrogens with zero attached hydrogens (tertiary/aromatic N) is 2. The molecular weight excluding hydrogens is 778 g/mol. The quantitative estimate of drug-likeness (QED) is 0.0762. The molecule has 0 unspecified atom stereocenters. The molecule has 0 fully saturated rings. The van der Waals surface area contributed by atoms with Gasteiger partial charge in [-0.1, -0.05) is 24.3 Å². The van der Waals surface area contributed by atoms with Gasteiger partial charge in [0.25, 0.3) is 23.6 Å². The molecule has 0 radical (unpaired) electrons. The summed E-state index contributed by atoms with van der Waals surface area (Å²) in [6.07, 6.45) is 0. The van der Waals surface area contributed by atoms with Gasteiger partial charge in [0.05, 0.1) is 11.4 Å². The number of hydrogen-bond acceptors (Lipinski definition) is 4. The van der Waals surface area contributed by atoms with Crippen LogP contribution < -0.4 is 9.80 Å². The van der Waals surface area contributed by atoms with Crippen LogP contribution in [0.4, 0.5) is 11.4 Å². The van der Waals surface area contributed by atoms with Crippen molar-refractivity contribution >= 4 is 123 Å². The summed E-state index contributed by atoms with van der Waals surface area (Å²) in [5.41, 5.74) is 2.91. The Morgan fingerprint density at radius 2 is 0.614 bits per heavy atom. The van der Waals surface area contributed by atoms with Crippen LogP contribution in [-0.2, 0) is 0 Å². The highest BCUT2D eigenvalue weighted by Gasteiger charge is 2.37. The topological polar surface area (TPSA) is 74.8 Å². The first kappa shape index (κ1) is 26.0. The molecule has 7 aromatic carbocycles. The third-order valence-electron chi connectivity index (χ3n) is 8.81. The number of rotatable bonds is 2. The first-order chi connectivity index (χ1) is 21.3. The van der Waals surface area contributed by atoms with Crippen molar-refractivity contribution in [3.05, 3.63) is 126 Å². The fraction of sp³-hybridized carbons (Fsp3) is 0. The van der Waals surface area contributed by atoms with Crippen molar-refractivity contribution in [1.82, 2.24) is 0 Å². The Bertz CT molecular complexity index is 2190. The highest BCUT2D eigenvalue weighted by Crippen LogP contribution is 2.47. The van der Waals surface area contributed by atoms with Gasteiger partial charge in [0, 0.05) is 40.2 Å². The van der Waals surface area contributed by atoms with E-state index in [0.29, 0.717) is 44.4 Å². The molecule has 0 saturated heterocycles. The average molecular weight is 794 g/mol. The molecule has 0 bridgehead atoms. The van der Waals surface area contributed by atoms with Gasteiger partial charge in [-0.3, -0.25) is 19.2 Å². The van der Waals surface area contributed by atoms with Gasteiger partial charge in [-0.05, 0) is 150 Å². The lowest BCUT2D eigenvalue weighted by Gasteiger charge is -2.30. The number of benzene rings is 7. The normalized spacial score (nSPS) is 14.7. The van der Waals surface area contributed by atoms with Crippen molar-refractivity contribution in [3.63, 3.8) is 0 Å². The van der Waals surface area contributed by atoms with E-state index in [4.69, 9.17) is 0 Å². The van der Waals surface area contributed by atoms with Crippen molar-refractivity contribution < 1.29 is 19.2 Å². The minimum absolute atomic E-state index is 0.365. The number of anilines is 2. The van der Waals surface area contributed by atoms with Crippen LogP contribution in [0.1, 0.15) is 41.4 Å². The zero-order valence-corrected chi connectivity index (χ0v) is 26.8. The van der Waals surface area contributed by atoms with Crippen LogP contribution in [0.15, 0.2) is 97.1 Å². The number of amides is 4. The van der Waals surface area contributed by atoms with E-state index < -0.39 is 0 Å². The Morgan fingerprint density at radius 1 is 0.341 bits per heavy atom. The predicted octanol–water partition coefficient (Wildman–Crippen LogP) is 8.55. The minimum Gasteiger partial charge on any atom is -0.268 e. The van der Waals surface area contributed by atoms with E-state index in [1.165, 1.54) is 9.80 Å². The molecule has 0 N–H and O–H groups in total. The highest BCUT2D eigenvalue weighted by atomic mass is 127. The minimum atomic E-state index is -0.365. The maximum absolute atomic E-state index is 13.9. The first-order valence-electron chi connectivity index (χ1n) is 13.8. The Labute approximate surface area is 276 Å². The van der Waals surface area contributed by atoms with Gasteiger partial charge >= 0.3 is 0 Å². The fourth-order valence-electron chi connectivity index (χ4n) is 6.92.